The van der Waals surface area contributed by atoms with Gasteiger partial charge in [0.2, 0.25) is 0 Å². The van der Waals surface area contributed by atoms with E-state index in [1.165, 1.54) is 0 Å². The van der Waals surface area contributed by atoms with Crippen LogP contribution >= 0.6 is 0 Å². The van der Waals surface area contributed by atoms with Crippen molar-refractivity contribution < 1.29 is 9.32 Å². The minimum atomic E-state index is 0.0468. The molecule has 0 radical (unpaired) electrons. The first-order valence-corrected chi connectivity index (χ1v) is 8.24. The number of carbonyl (C=O) groups excluding carboxylic acids is 1. The summed E-state index contributed by atoms with van der Waals surface area (Å²) < 4.78 is 5.32. The van der Waals surface area contributed by atoms with E-state index < -0.39 is 0 Å². The zero-order valence-electron chi connectivity index (χ0n) is 14.2. The molecule has 1 aliphatic heterocycles. The van der Waals surface area contributed by atoms with Crippen molar-refractivity contribution in [3.8, 4) is 0 Å². The molecule has 0 aromatic carbocycles. The van der Waals surface area contributed by atoms with Crippen molar-refractivity contribution in [2.24, 2.45) is 0 Å². The summed E-state index contributed by atoms with van der Waals surface area (Å²) in [5, 5.41) is 8.01. The van der Waals surface area contributed by atoms with Crippen LogP contribution in [0.15, 0.2) is 10.6 Å². The highest BCUT2D eigenvalue weighted by atomic mass is 16.5. The fourth-order valence-corrected chi connectivity index (χ4v) is 3.15. The minimum absolute atomic E-state index is 0.0468. The molecule has 1 aliphatic rings. The Morgan fingerprint density at radius 1 is 1.48 bits per heavy atom. The highest BCUT2D eigenvalue weighted by Gasteiger charge is 2.27. The van der Waals surface area contributed by atoms with Gasteiger partial charge in [-0.15, -0.1) is 0 Å². The molecule has 1 saturated heterocycles. The van der Waals surface area contributed by atoms with E-state index in [0.29, 0.717) is 23.0 Å². The summed E-state index contributed by atoms with van der Waals surface area (Å²) in [6.07, 6.45) is 2.13. The number of piperidine rings is 1. The van der Waals surface area contributed by atoms with E-state index in [-0.39, 0.29) is 11.8 Å². The Morgan fingerprint density at radius 2 is 2.26 bits per heavy atom. The van der Waals surface area contributed by atoms with Gasteiger partial charge in [0.1, 0.15) is 0 Å². The third kappa shape index (κ3) is 2.95. The van der Waals surface area contributed by atoms with Crippen molar-refractivity contribution in [2.75, 3.05) is 20.1 Å². The fraction of sp³-hybridized carbons (Fsp3) is 0.588. The topological polar surface area (TPSA) is 71.3 Å². The van der Waals surface area contributed by atoms with Gasteiger partial charge in [-0.2, -0.15) is 0 Å². The number of aryl methyl sites for hydroxylation is 1. The van der Waals surface area contributed by atoms with Crippen LogP contribution in [0.2, 0.25) is 0 Å². The number of amides is 1. The normalized spacial score (nSPS) is 18.8. The number of nitrogens with one attached hydrogen (secondary N) is 1. The molecule has 1 amide bonds. The van der Waals surface area contributed by atoms with Crippen molar-refractivity contribution in [2.45, 2.75) is 45.6 Å². The molecular weight excluding hydrogens is 292 g/mol. The number of hydrogen-bond donors (Lipinski definition) is 1. The number of pyridine rings is 1. The molecule has 23 heavy (non-hydrogen) atoms. The molecule has 2 aromatic rings. The van der Waals surface area contributed by atoms with Crippen LogP contribution < -0.4 is 5.32 Å². The number of rotatable bonds is 3. The summed E-state index contributed by atoms with van der Waals surface area (Å²) >= 11 is 0. The predicted octanol–water partition coefficient (Wildman–Crippen LogP) is 2.48. The van der Waals surface area contributed by atoms with Crippen LogP contribution in [-0.2, 0) is 0 Å². The van der Waals surface area contributed by atoms with Crippen molar-refractivity contribution >= 4 is 17.0 Å². The lowest BCUT2D eigenvalue weighted by Gasteiger charge is -2.32. The van der Waals surface area contributed by atoms with Gasteiger partial charge in [-0.1, -0.05) is 19.0 Å². The number of fused-ring (bicyclic) bond motifs is 1. The van der Waals surface area contributed by atoms with Gasteiger partial charge in [-0.05, 0) is 38.8 Å². The number of carbonyl (C=O) groups is 1. The third-order valence-electron chi connectivity index (χ3n) is 4.58. The molecule has 6 heteroatoms. The van der Waals surface area contributed by atoms with Gasteiger partial charge in [-0.25, -0.2) is 4.98 Å². The molecular formula is C17H24N4O2. The van der Waals surface area contributed by atoms with Crippen molar-refractivity contribution in [1.29, 1.82) is 0 Å². The summed E-state index contributed by atoms with van der Waals surface area (Å²) in [4.78, 5) is 19.5. The molecule has 0 saturated carbocycles. The number of likely N-dealkylation sites (N-methyl/N-ethyl adjacent to an activating group) is 1. The monoisotopic (exact) mass is 316 g/mol. The Kier molecular flexibility index (Phi) is 4.35. The predicted molar refractivity (Wildman–Crippen MR) is 88.6 cm³/mol. The molecule has 0 aliphatic carbocycles. The molecule has 1 unspecified atom stereocenters. The van der Waals surface area contributed by atoms with Gasteiger partial charge in [0.15, 0.2) is 0 Å². The first kappa shape index (κ1) is 15.9. The van der Waals surface area contributed by atoms with E-state index in [9.17, 15) is 4.79 Å². The van der Waals surface area contributed by atoms with Crippen LogP contribution in [0, 0.1) is 6.92 Å². The maximum atomic E-state index is 13.1. The van der Waals surface area contributed by atoms with Gasteiger partial charge in [-0.3, -0.25) is 4.79 Å². The minimum Gasteiger partial charge on any atom is -0.337 e. The summed E-state index contributed by atoms with van der Waals surface area (Å²) in [5.41, 5.74) is 2.70. The largest absolute Gasteiger partial charge is 0.337 e. The smallest absolute Gasteiger partial charge is 0.259 e. The van der Waals surface area contributed by atoms with Crippen LogP contribution in [-0.4, -0.2) is 47.1 Å². The maximum absolute atomic E-state index is 13.1. The van der Waals surface area contributed by atoms with E-state index in [1.807, 2.05) is 24.9 Å². The fourth-order valence-electron chi connectivity index (χ4n) is 3.15. The van der Waals surface area contributed by atoms with Gasteiger partial charge >= 0.3 is 0 Å². The molecule has 6 nitrogen and oxygen atoms in total. The van der Waals surface area contributed by atoms with E-state index in [2.05, 4.69) is 29.3 Å². The first-order chi connectivity index (χ1) is 11.0. The standard InChI is InChI=1S/C17H24N4O2/c1-10(2)14-8-13(15-11(3)20-23-16(15)19-14)17(22)21-7-5-6-12(9-21)18-4/h8,10,12,18H,5-7,9H2,1-4H3. The molecule has 1 fully saturated rings. The number of likely N-dealkylation sites (tertiary alicyclic amines) is 1. The molecule has 0 spiro atoms. The molecule has 0 bridgehead atoms. The zero-order valence-corrected chi connectivity index (χ0v) is 14.2. The Labute approximate surface area is 136 Å². The number of nitrogens with zero attached hydrogens (tertiary/aromatic N) is 3. The highest BCUT2D eigenvalue weighted by molar-refractivity contribution is 6.06. The van der Waals surface area contributed by atoms with Crippen LogP contribution in [0.4, 0.5) is 0 Å². The second-order valence-electron chi connectivity index (χ2n) is 6.58. The lowest BCUT2D eigenvalue weighted by atomic mass is 10.0. The molecule has 1 N–H and O–H groups in total. The van der Waals surface area contributed by atoms with Gasteiger partial charge < -0.3 is 14.7 Å². The molecule has 1 atom stereocenters. The lowest BCUT2D eigenvalue weighted by Crippen LogP contribution is -2.47. The van der Waals surface area contributed by atoms with Gasteiger partial charge in [0.25, 0.3) is 11.6 Å². The summed E-state index contributed by atoms with van der Waals surface area (Å²) in [7, 11) is 1.95. The number of hydrogen-bond acceptors (Lipinski definition) is 5. The summed E-state index contributed by atoms with van der Waals surface area (Å²) in [6, 6.07) is 2.26. The average Bonchev–Trinajstić information content (AvgIpc) is 2.94. The van der Waals surface area contributed by atoms with Crippen LogP contribution in [0.3, 0.4) is 0 Å². The zero-order chi connectivity index (χ0) is 16.6. The van der Waals surface area contributed by atoms with E-state index in [1.54, 1.807) is 0 Å². The summed E-state index contributed by atoms with van der Waals surface area (Å²) in [6.45, 7) is 7.50. The third-order valence-corrected chi connectivity index (χ3v) is 4.58. The Balaban J connectivity index is 2.03. The van der Waals surface area contributed by atoms with Crippen LogP contribution in [0.1, 0.15) is 54.4 Å². The highest BCUT2D eigenvalue weighted by Crippen LogP contribution is 2.27. The van der Waals surface area contributed by atoms with Crippen molar-refractivity contribution in [3.63, 3.8) is 0 Å². The molecule has 3 rings (SSSR count). The quantitative estimate of drug-likeness (QED) is 0.942. The van der Waals surface area contributed by atoms with E-state index in [4.69, 9.17) is 4.52 Å². The second kappa shape index (κ2) is 6.28. The van der Waals surface area contributed by atoms with E-state index in [0.717, 1.165) is 37.0 Å². The van der Waals surface area contributed by atoms with Crippen LogP contribution in [0.25, 0.3) is 11.1 Å². The Hall–Kier alpha value is -1.95. The second-order valence-corrected chi connectivity index (χ2v) is 6.58. The van der Waals surface area contributed by atoms with Crippen molar-refractivity contribution in [1.82, 2.24) is 20.4 Å². The average molecular weight is 316 g/mol. The first-order valence-electron chi connectivity index (χ1n) is 8.24. The number of aromatic nitrogens is 2. The maximum Gasteiger partial charge on any atom is 0.259 e. The Morgan fingerprint density at radius 3 is 2.96 bits per heavy atom. The molecule has 2 aromatic heterocycles. The van der Waals surface area contributed by atoms with Crippen molar-refractivity contribution in [3.05, 3.63) is 23.0 Å². The van der Waals surface area contributed by atoms with Crippen LogP contribution in [0.5, 0.6) is 0 Å². The SMILES string of the molecule is CNC1CCCN(C(=O)c2cc(C(C)C)nc3onc(C)c23)C1. The van der Waals surface area contributed by atoms with Gasteiger partial charge in [0.05, 0.1) is 16.6 Å². The summed E-state index contributed by atoms with van der Waals surface area (Å²) in [5.74, 6) is 0.272. The Bertz CT molecular complexity index is 723. The molecule has 124 valence electrons. The lowest BCUT2D eigenvalue weighted by molar-refractivity contribution is 0.0700. The molecule has 3 heterocycles. The van der Waals surface area contributed by atoms with Gasteiger partial charge in [0, 0.05) is 24.8 Å². The van der Waals surface area contributed by atoms with E-state index >= 15 is 0 Å².